The van der Waals surface area contributed by atoms with Crippen LogP contribution in [0.5, 0.6) is 0 Å². The van der Waals surface area contributed by atoms with Gasteiger partial charge in [-0.2, -0.15) is 0 Å². The number of carboxylic acids is 1. The number of hydrogen-bond donors (Lipinski definition) is 3. The molecule has 3 N–H and O–H groups in total. The number of aliphatic carboxylic acids is 1. The number of rotatable bonds is 5. The lowest BCUT2D eigenvalue weighted by molar-refractivity contribution is -0.138. The van der Waals surface area contributed by atoms with Crippen molar-refractivity contribution >= 4 is 17.9 Å². The van der Waals surface area contributed by atoms with E-state index >= 15 is 0 Å². The fourth-order valence-electron chi connectivity index (χ4n) is 2.35. The van der Waals surface area contributed by atoms with Gasteiger partial charge < -0.3 is 10.4 Å². The topological polar surface area (TPSA) is 95.5 Å². The molecule has 3 amide bonds. The minimum atomic E-state index is -1.05. The quantitative estimate of drug-likeness (QED) is 0.707. The molecule has 0 heterocycles. The van der Waals surface area contributed by atoms with Gasteiger partial charge in [0.25, 0.3) is 0 Å². The zero-order chi connectivity index (χ0) is 14.3. The third kappa shape index (κ3) is 6.22. The minimum Gasteiger partial charge on any atom is -0.481 e. The van der Waals surface area contributed by atoms with Crippen molar-refractivity contribution < 1.29 is 19.5 Å². The van der Waals surface area contributed by atoms with E-state index in [1.165, 1.54) is 6.42 Å². The molecule has 6 nitrogen and oxygen atoms in total. The van der Waals surface area contributed by atoms with E-state index in [0.717, 1.165) is 31.6 Å². The average Bonchev–Trinajstić information content (AvgIpc) is 2.37. The van der Waals surface area contributed by atoms with E-state index in [9.17, 15) is 14.4 Å². The summed E-state index contributed by atoms with van der Waals surface area (Å²) in [6, 6.07) is -0.398. The molecule has 0 bridgehead atoms. The summed E-state index contributed by atoms with van der Waals surface area (Å²) in [4.78, 5) is 33.1. The Hall–Kier alpha value is -1.59. The van der Waals surface area contributed by atoms with Crippen molar-refractivity contribution in [1.82, 2.24) is 10.6 Å². The highest BCUT2D eigenvalue weighted by Crippen LogP contribution is 2.26. The van der Waals surface area contributed by atoms with Gasteiger partial charge in [0, 0.05) is 12.5 Å². The van der Waals surface area contributed by atoms with Crippen LogP contribution in [0.4, 0.5) is 4.79 Å². The van der Waals surface area contributed by atoms with Gasteiger partial charge >= 0.3 is 12.0 Å². The van der Waals surface area contributed by atoms with Crippen LogP contribution in [-0.2, 0) is 9.59 Å². The van der Waals surface area contributed by atoms with Crippen LogP contribution in [-0.4, -0.2) is 29.1 Å². The minimum absolute atomic E-state index is 0.120. The first kappa shape index (κ1) is 15.5. The molecule has 0 aromatic carbocycles. The van der Waals surface area contributed by atoms with Crippen molar-refractivity contribution in [3.8, 4) is 0 Å². The number of nitrogens with one attached hydrogen (secondary N) is 2. The third-order valence-corrected chi connectivity index (χ3v) is 3.58. The van der Waals surface area contributed by atoms with Gasteiger partial charge in [-0.25, -0.2) is 4.79 Å². The van der Waals surface area contributed by atoms with Crippen molar-refractivity contribution in [2.45, 2.75) is 57.9 Å². The molecule has 0 unspecified atom stereocenters. The molecule has 19 heavy (non-hydrogen) atoms. The molecule has 6 heteroatoms. The SMILES string of the molecule is CCC1CCC(NC(=O)NC(=O)CCC(=O)O)CC1. The molecular formula is C13H22N2O4. The second-order valence-electron chi connectivity index (χ2n) is 5.04. The first-order valence-corrected chi connectivity index (χ1v) is 6.83. The largest absolute Gasteiger partial charge is 0.481 e. The van der Waals surface area contributed by atoms with Gasteiger partial charge in [-0.3, -0.25) is 14.9 Å². The average molecular weight is 270 g/mol. The van der Waals surface area contributed by atoms with Crippen LogP contribution in [0.15, 0.2) is 0 Å². The Morgan fingerprint density at radius 2 is 1.74 bits per heavy atom. The molecular weight excluding hydrogens is 248 g/mol. The fourth-order valence-corrected chi connectivity index (χ4v) is 2.35. The fraction of sp³-hybridized carbons (Fsp3) is 0.769. The van der Waals surface area contributed by atoms with E-state index in [-0.39, 0.29) is 18.9 Å². The Bertz CT molecular complexity index is 336. The maximum Gasteiger partial charge on any atom is 0.321 e. The molecule has 1 saturated carbocycles. The van der Waals surface area contributed by atoms with E-state index in [1.807, 2.05) is 0 Å². The summed E-state index contributed by atoms with van der Waals surface area (Å²) in [5.74, 6) is -0.853. The molecule has 1 fully saturated rings. The summed E-state index contributed by atoms with van der Waals surface area (Å²) >= 11 is 0. The normalized spacial score (nSPS) is 22.6. The van der Waals surface area contributed by atoms with E-state index in [1.54, 1.807) is 0 Å². The summed E-state index contributed by atoms with van der Waals surface area (Å²) in [7, 11) is 0. The van der Waals surface area contributed by atoms with Gasteiger partial charge in [0.1, 0.15) is 0 Å². The Balaban J connectivity index is 2.20. The van der Waals surface area contributed by atoms with Crippen LogP contribution in [0.1, 0.15) is 51.9 Å². The predicted molar refractivity (Wildman–Crippen MR) is 69.6 cm³/mol. The van der Waals surface area contributed by atoms with Crippen molar-refractivity contribution in [2.24, 2.45) is 5.92 Å². The molecule has 108 valence electrons. The summed E-state index contributed by atoms with van der Waals surface area (Å²) in [6.45, 7) is 2.17. The smallest absolute Gasteiger partial charge is 0.321 e. The van der Waals surface area contributed by atoms with Gasteiger partial charge in [0.15, 0.2) is 0 Å². The Kier molecular flexibility index (Phi) is 6.32. The monoisotopic (exact) mass is 270 g/mol. The lowest BCUT2D eigenvalue weighted by Gasteiger charge is -2.28. The van der Waals surface area contributed by atoms with Gasteiger partial charge in [0.05, 0.1) is 6.42 Å². The molecule has 1 aliphatic rings. The first-order chi connectivity index (χ1) is 9.01. The van der Waals surface area contributed by atoms with E-state index in [4.69, 9.17) is 5.11 Å². The first-order valence-electron chi connectivity index (χ1n) is 6.83. The number of carbonyl (C=O) groups is 3. The lowest BCUT2D eigenvalue weighted by atomic mass is 9.85. The van der Waals surface area contributed by atoms with Crippen LogP contribution >= 0.6 is 0 Å². The molecule has 0 spiro atoms. The van der Waals surface area contributed by atoms with Gasteiger partial charge in [-0.1, -0.05) is 13.3 Å². The van der Waals surface area contributed by atoms with Crippen LogP contribution in [0.3, 0.4) is 0 Å². The van der Waals surface area contributed by atoms with Crippen LogP contribution in [0.25, 0.3) is 0 Å². The molecule has 0 atom stereocenters. The Labute approximate surface area is 112 Å². The summed E-state index contributed by atoms with van der Waals surface area (Å²) in [5.41, 5.74) is 0. The second kappa shape index (κ2) is 7.76. The number of urea groups is 1. The molecule has 1 rings (SSSR count). The van der Waals surface area contributed by atoms with E-state index in [2.05, 4.69) is 17.6 Å². The summed E-state index contributed by atoms with van der Waals surface area (Å²) in [5, 5.41) is 13.3. The molecule has 0 aromatic rings. The van der Waals surface area contributed by atoms with Crippen molar-refractivity contribution in [2.75, 3.05) is 0 Å². The van der Waals surface area contributed by atoms with Gasteiger partial charge in [0.2, 0.25) is 5.91 Å². The second-order valence-corrected chi connectivity index (χ2v) is 5.04. The van der Waals surface area contributed by atoms with Crippen molar-refractivity contribution in [1.29, 1.82) is 0 Å². The predicted octanol–water partition coefficient (Wildman–Crippen LogP) is 1.65. The van der Waals surface area contributed by atoms with Crippen LogP contribution in [0, 0.1) is 5.92 Å². The maximum atomic E-state index is 11.5. The molecule has 0 aromatic heterocycles. The highest BCUT2D eigenvalue weighted by molar-refractivity contribution is 5.95. The Morgan fingerprint density at radius 3 is 2.26 bits per heavy atom. The van der Waals surface area contributed by atoms with Crippen molar-refractivity contribution in [3.63, 3.8) is 0 Å². The Morgan fingerprint density at radius 1 is 1.11 bits per heavy atom. The van der Waals surface area contributed by atoms with Gasteiger partial charge in [-0.15, -0.1) is 0 Å². The number of amides is 3. The standard InChI is InChI=1S/C13H22N2O4/c1-2-9-3-5-10(6-4-9)14-13(19)15-11(16)7-8-12(17)18/h9-10H,2-8H2,1H3,(H,17,18)(H2,14,15,16,19). The number of imide groups is 1. The highest BCUT2D eigenvalue weighted by atomic mass is 16.4. The lowest BCUT2D eigenvalue weighted by Crippen LogP contribution is -2.45. The highest BCUT2D eigenvalue weighted by Gasteiger charge is 2.21. The zero-order valence-electron chi connectivity index (χ0n) is 11.3. The van der Waals surface area contributed by atoms with Gasteiger partial charge in [-0.05, 0) is 31.6 Å². The molecule has 1 aliphatic carbocycles. The number of hydrogen-bond acceptors (Lipinski definition) is 3. The summed E-state index contributed by atoms with van der Waals surface area (Å²) < 4.78 is 0. The number of carboxylic acid groups (broad SMARTS) is 1. The molecule has 0 saturated heterocycles. The molecule has 0 radical (unpaired) electrons. The third-order valence-electron chi connectivity index (χ3n) is 3.58. The van der Waals surface area contributed by atoms with Crippen LogP contribution in [0.2, 0.25) is 0 Å². The molecule has 0 aliphatic heterocycles. The summed E-state index contributed by atoms with van der Waals surface area (Å²) in [6.07, 6.45) is 4.83. The van der Waals surface area contributed by atoms with Crippen LogP contribution < -0.4 is 10.6 Å². The zero-order valence-corrected chi connectivity index (χ0v) is 11.3. The van der Waals surface area contributed by atoms with E-state index < -0.39 is 17.9 Å². The number of carbonyl (C=O) groups excluding carboxylic acids is 2. The maximum absolute atomic E-state index is 11.5. The van der Waals surface area contributed by atoms with Crippen molar-refractivity contribution in [3.05, 3.63) is 0 Å². The van der Waals surface area contributed by atoms with E-state index in [0.29, 0.717) is 0 Å².